The van der Waals surface area contributed by atoms with Crippen LogP contribution in [0.2, 0.25) is 0 Å². The lowest BCUT2D eigenvalue weighted by atomic mass is 9.78. The Labute approximate surface area is 146 Å². The van der Waals surface area contributed by atoms with Crippen LogP contribution in [0.5, 0.6) is 0 Å². The fourth-order valence-corrected chi connectivity index (χ4v) is 4.17. The maximum absolute atomic E-state index is 13.0. The molecule has 0 bridgehead atoms. The molecule has 7 nitrogen and oxygen atoms in total. The summed E-state index contributed by atoms with van der Waals surface area (Å²) in [5.74, 6) is 0.187. The number of benzene rings is 1. The van der Waals surface area contributed by atoms with Gasteiger partial charge in [-0.15, -0.1) is 0 Å². The summed E-state index contributed by atoms with van der Waals surface area (Å²) in [7, 11) is 0. The molecule has 4 rings (SSSR count). The van der Waals surface area contributed by atoms with Gasteiger partial charge in [0.15, 0.2) is 0 Å². The molecule has 3 heterocycles. The Kier molecular flexibility index (Phi) is 3.74. The predicted octanol–water partition coefficient (Wildman–Crippen LogP) is 1.82. The van der Waals surface area contributed by atoms with E-state index in [2.05, 4.69) is 29.3 Å². The summed E-state index contributed by atoms with van der Waals surface area (Å²) in [6.45, 7) is 6.09. The van der Waals surface area contributed by atoms with Crippen LogP contribution in [0.1, 0.15) is 43.5 Å². The predicted molar refractivity (Wildman–Crippen MR) is 92.9 cm³/mol. The number of aromatic amines is 1. The van der Waals surface area contributed by atoms with Crippen LogP contribution in [0.4, 0.5) is 0 Å². The van der Waals surface area contributed by atoms with E-state index >= 15 is 0 Å². The maximum atomic E-state index is 13.0. The van der Waals surface area contributed by atoms with Crippen molar-refractivity contribution in [2.45, 2.75) is 39.2 Å². The molecule has 2 amide bonds. The summed E-state index contributed by atoms with van der Waals surface area (Å²) >= 11 is 0. The Hall–Kier alpha value is -2.44. The largest absolute Gasteiger partial charge is 0.340 e. The van der Waals surface area contributed by atoms with Gasteiger partial charge in [0.1, 0.15) is 11.0 Å². The number of hydrogen-bond donors (Lipinski definition) is 1. The van der Waals surface area contributed by atoms with Crippen LogP contribution in [-0.2, 0) is 4.79 Å². The van der Waals surface area contributed by atoms with Gasteiger partial charge >= 0.3 is 0 Å². The smallest absolute Gasteiger partial charge is 0.253 e. The van der Waals surface area contributed by atoms with E-state index in [1.54, 1.807) is 18.2 Å². The second-order valence-corrected chi connectivity index (χ2v) is 7.48. The number of nitrogens with one attached hydrogen (secondary N) is 1. The third-order valence-electron chi connectivity index (χ3n) is 5.60. The van der Waals surface area contributed by atoms with E-state index < -0.39 is 5.41 Å². The zero-order valence-electron chi connectivity index (χ0n) is 14.7. The minimum atomic E-state index is -0.393. The van der Waals surface area contributed by atoms with E-state index in [4.69, 9.17) is 0 Å². The molecule has 1 unspecified atom stereocenters. The molecular weight excluding hydrogens is 318 g/mol. The minimum Gasteiger partial charge on any atom is -0.340 e. The number of piperidine rings is 1. The van der Waals surface area contributed by atoms with E-state index in [0.717, 1.165) is 31.3 Å². The SMILES string of the molecule is CC(C)N1CCCC2(CCN(C(=O)c3ccc4n[nH]nc4c3)C2)C1=O. The highest BCUT2D eigenvalue weighted by atomic mass is 16.2. The summed E-state index contributed by atoms with van der Waals surface area (Å²) in [6, 6.07) is 5.55. The van der Waals surface area contributed by atoms with Crippen molar-refractivity contribution in [1.29, 1.82) is 0 Å². The molecule has 25 heavy (non-hydrogen) atoms. The molecule has 0 saturated carbocycles. The Morgan fingerprint density at radius 2 is 2.00 bits per heavy atom. The van der Waals surface area contributed by atoms with Crippen LogP contribution in [-0.4, -0.2) is 62.7 Å². The number of amides is 2. The fourth-order valence-electron chi connectivity index (χ4n) is 4.17. The van der Waals surface area contributed by atoms with Crippen LogP contribution in [0.25, 0.3) is 11.0 Å². The van der Waals surface area contributed by atoms with Crippen LogP contribution >= 0.6 is 0 Å². The summed E-state index contributed by atoms with van der Waals surface area (Å²) in [6.07, 6.45) is 2.64. The molecule has 1 atom stereocenters. The van der Waals surface area contributed by atoms with E-state index in [9.17, 15) is 9.59 Å². The van der Waals surface area contributed by atoms with Gasteiger partial charge in [0, 0.05) is 31.2 Å². The lowest BCUT2D eigenvalue weighted by Crippen LogP contribution is -2.52. The summed E-state index contributed by atoms with van der Waals surface area (Å²) < 4.78 is 0. The van der Waals surface area contributed by atoms with Crippen LogP contribution in [0.15, 0.2) is 18.2 Å². The molecule has 2 fully saturated rings. The first kappa shape index (κ1) is 16.1. The monoisotopic (exact) mass is 341 g/mol. The number of carbonyl (C=O) groups excluding carboxylic acids is 2. The summed E-state index contributed by atoms with van der Waals surface area (Å²) in [5.41, 5.74) is 1.63. The van der Waals surface area contributed by atoms with E-state index in [1.807, 2.05) is 9.80 Å². The number of nitrogens with zero attached hydrogens (tertiary/aromatic N) is 4. The number of aromatic nitrogens is 3. The molecule has 132 valence electrons. The molecule has 2 saturated heterocycles. The lowest BCUT2D eigenvalue weighted by Gasteiger charge is -2.41. The van der Waals surface area contributed by atoms with Crippen molar-refractivity contribution in [3.05, 3.63) is 23.8 Å². The topological polar surface area (TPSA) is 82.2 Å². The highest BCUT2D eigenvalue weighted by Gasteiger charge is 2.49. The zero-order valence-corrected chi connectivity index (χ0v) is 14.7. The lowest BCUT2D eigenvalue weighted by molar-refractivity contribution is -0.147. The number of carbonyl (C=O) groups is 2. The van der Waals surface area contributed by atoms with Crippen LogP contribution < -0.4 is 0 Å². The third-order valence-corrected chi connectivity index (χ3v) is 5.60. The van der Waals surface area contributed by atoms with Crippen LogP contribution in [0, 0.1) is 5.41 Å². The highest BCUT2D eigenvalue weighted by Crippen LogP contribution is 2.41. The number of likely N-dealkylation sites (tertiary alicyclic amines) is 2. The molecule has 0 aliphatic carbocycles. The zero-order chi connectivity index (χ0) is 17.6. The van der Waals surface area contributed by atoms with Crippen molar-refractivity contribution < 1.29 is 9.59 Å². The van der Waals surface area contributed by atoms with Gasteiger partial charge < -0.3 is 9.80 Å². The second-order valence-electron chi connectivity index (χ2n) is 7.48. The average molecular weight is 341 g/mol. The van der Waals surface area contributed by atoms with Crippen molar-refractivity contribution in [3.8, 4) is 0 Å². The average Bonchev–Trinajstić information content (AvgIpc) is 3.23. The molecule has 1 aromatic carbocycles. The van der Waals surface area contributed by atoms with Crippen LogP contribution in [0.3, 0.4) is 0 Å². The quantitative estimate of drug-likeness (QED) is 0.903. The van der Waals surface area contributed by atoms with Gasteiger partial charge in [-0.2, -0.15) is 15.4 Å². The van der Waals surface area contributed by atoms with Gasteiger partial charge in [0.2, 0.25) is 5.91 Å². The molecule has 1 aromatic heterocycles. The van der Waals surface area contributed by atoms with Crippen molar-refractivity contribution in [2.24, 2.45) is 5.41 Å². The molecule has 0 radical (unpaired) electrons. The van der Waals surface area contributed by atoms with Gasteiger partial charge in [-0.1, -0.05) is 0 Å². The first-order valence-corrected chi connectivity index (χ1v) is 8.91. The molecule has 2 aliphatic heterocycles. The first-order valence-electron chi connectivity index (χ1n) is 8.91. The number of hydrogen-bond acceptors (Lipinski definition) is 4. The minimum absolute atomic E-state index is 0.0313. The Balaban J connectivity index is 1.55. The number of fused-ring (bicyclic) bond motifs is 1. The molecule has 7 heteroatoms. The highest BCUT2D eigenvalue weighted by molar-refractivity contribution is 5.98. The number of H-pyrrole nitrogens is 1. The first-order chi connectivity index (χ1) is 12.0. The molecule has 1 N–H and O–H groups in total. The molecule has 2 aliphatic rings. The number of rotatable bonds is 2. The van der Waals surface area contributed by atoms with Gasteiger partial charge in [-0.05, 0) is 51.3 Å². The van der Waals surface area contributed by atoms with E-state index in [1.165, 1.54) is 0 Å². The summed E-state index contributed by atoms with van der Waals surface area (Å²) in [4.78, 5) is 29.7. The Morgan fingerprint density at radius 3 is 2.80 bits per heavy atom. The van der Waals surface area contributed by atoms with E-state index in [-0.39, 0.29) is 17.9 Å². The Bertz CT molecular complexity index is 830. The maximum Gasteiger partial charge on any atom is 0.253 e. The van der Waals surface area contributed by atoms with Crippen molar-refractivity contribution in [3.63, 3.8) is 0 Å². The third kappa shape index (κ3) is 2.58. The van der Waals surface area contributed by atoms with Crippen molar-refractivity contribution in [2.75, 3.05) is 19.6 Å². The molecule has 1 spiro atoms. The van der Waals surface area contributed by atoms with Gasteiger partial charge in [-0.25, -0.2) is 0 Å². The summed E-state index contributed by atoms with van der Waals surface area (Å²) in [5, 5.41) is 10.6. The normalized spacial score (nSPS) is 24.0. The fraction of sp³-hybridized carbons (Fsp3) is 0.556. The standard InChI is InChI=1S/C18H23N5O2/c1-12(2)23-8-3-6-18(17(23)25)7-9-22(11-18)16(24)13-4-5-14-15(10-13)20-21-19-14/h4-5,10,12H,3,6-9,11H2,1-2H3,(H,19,20,21). The Morgan fingerprint density at radius 1 is 1.20 bits per heavy atom. The van der Waals surface area contributed by atoms with Gasteiger partial charge in [-0.3, -0.25) is 9.59 Å². The van der Waals surface area contributed by atoms with Crippen molar-refractivity contribution in [1.82, 2.24) is 25.2 Å². The molecule has 2 aromatic rings. The van der Waals surface area contributed by atoms with Gasteiger partial charge in [0.25, 0.3) is 5.91 Å². The second kappa shape index (κ2) is 5.82. The van der Waals surface area contributed by atoms with E-state index in [0.29, 0.717) is 24.2 Å². The van der Waals surface area contributed by atoms with Crippen molar-refractivity contribution >= 4 is 22.8 Å². The van der Waals surface area contributed by atoms with Gasteiger partial charge in [0.05, 0.1) is 5.41 Å². The molecular formula is C18H23N5O2.